The highest BCUT2D eigenvalue weighted by atomic mass is 35.5. The second kappa shape index (κ2) is 12.3. The monoisotopic (exact) mass is 615 g/mol. The molecule has 2 aromatic carbocycles. The van der Waals surface area contributed by atoms with Crippen LogP contribution in [0.15, 0.2) is 73.2 Å². The minimum atomic E-state index is -2.51. The van der Waals surface area contributed by atoms with Crippen molar-refractivity contribution in [2.24, 2.45) is 5.41 Å². The van der Waals surface area contributed by atoms with Gasteiger partial charge in [0, 0.05) is 47.7 Å². The molecule has 1 spiro atoms. The minimum absolute atomic E-state index is 0.377. The quantitative estimate of drug-likeness (QED) is 0.211. The summed E-state index contributed by atoms with van der Waals surface area (Å²) in [7, 11) is -0.277. The van der Waals surface area contributed by atoms with Crippen LogP contribution in [0, 0.1) is 5.41 Å². The van der Waals surface area contributed by atoms with Gasteiger partial charge in [0.2, 0.25) is 5.95 Å². The molecule has 0 unspecified atom stereocenters. The van der Waals surface area contributed by atoms with Gasteiger partial charge < -0.3 is 25.0 Å². The van der Waals surface area contributed by atoms with E-state index in [-0.39, 0.29) is 0 Å². The number of nitrogens with one attached hydrogen (secondary N) is 2. The predicted octanol–water partition coefficient (Wildman–Crippen LogP) is 7.24. The first kappa shape index (κ1) is 29.6. The normalized spacial score (nSPS) is 17.2. The lowest BCUT2D eigenvalue weighted by atomic mass is 9.71. The summed E-state index contributed by atoms with van der Waals surface area (Å²) in [5.41, 5.74) is 5.58. The van der Waals surface area contributed by atoms with Gasteiger partial charge in [0.25, 0.3) is 0 Å². The van der Waals surface area contributed by atoms with Crippen LogP contribution in [0.4, 0.5) is 28.8 Å². The number of piperidine rings is 2. The van der Waals surface area contributed by atoms with E-state index in [1.165, 1.54) is 44.5 Å². The fourth-order valence-corrected chi connectivity index (χ4v) is 7.58. The molecule has 0 saturated carbocycles. The number of hydrogen-bond acceptors (Lipinski definition) is 8. The van der Waals surface area contributed by atoms with Crippen molar-refractivity contribution in [3.63, 3.8) is 0 Å². The molecule has 43 heavy (non-hydrogen) atoms. The third-order valence-corrected chi connectivity index (χ3v) is 10.8. The maximum absolute atomic E-state index is 12.9. The summed E-state index contributed by atoms with van der Waals surface area (Å²) >= 11 is 6.49. The lowest BCUT2D eigenvalue weighted by Crippen LogP contribution is -2.46. The summed E-state index contributed by atoms with van der Waals surface area (Å²) < 4.78 is 12.9. The van der Waals surface area contributed by atoms with Crippen LogP contribution in [0.5, 0.6) is 0 Å². The Bertz CT molecular complexity index is 1630. The van der Waals surface area contributed by atoms with Crippen LogP contribution in [0.2, 0.25) is 5.02 Å². The maximum atomic E-state index is 12.9. The van der Waals surface area contributed by atoms with Crippen LogP contribution >= 0.6 is 18.7 Å². The van der Waals surface area contributed by atoms with Crippen molar-refractivity contribution in [3.05, 3.63) is 78.2 Å². The molecule has 2 saturated heterocycles. The molecule has 2 N–H and O–H groups in total. The molecule has 0 atom stereocenters. The van der Waals surface area contributed by atoms with Crippen LogP contribution in [-0.2, 0) is 4.57 Å². The Morgan fingerprint density at radius 2 is 1.60 bits per heavy atom. The van der Waals surface area contributed by atoms with E-state index in [2.05, 4.69) is 72.8 Å². The number of hydrogen-bond donors (Lipinski definition) is 2. The Kier molecular flexibility index (Phi) is 8.45. The molecule has 4 heterocycles. The zero-order valence-corrected chi connectivity index (χ0v) is 26.7. The van der Waals surface area contributed by atoms with Crippen LogP contribution < -0.4 is 20.8 Å². The van der Waals surface area contributed by atoms with E-state index < -0.39 is 7.14 Å². The zero-order valence-electron chi connectivity index (χ0n) is 25.1. The van der Waals surface area contributed by atoms with Gasteiger partial charge in [0.05, 0.1) is 11.9 Å². The van der Waals surface area contributed by atoms with Crippen molar-refractivity contribution in [3.8, 4) is 11.1 Å². The predicted molar refractivity (Wildman–Crippen MR) is 179 cm³/mol. The SMILES string of the molecule is CN1CCC2(CC1)CCN(c1ccc(Nc3ncc(Cl)c(Nc4ccccc4P(C)(C)=O)n3)cc1-c1ccncc1)CC2. The van der Waals surface area contributed by atoms with E-state index in [1.807, 2.05) is 36.7 Å². The first-order valence-corrected chi connectivity index (χ1v) is 17.9. The number of likely N-dealkylation sites (tertiary alicyclic amines) is 1. The summed E-state index contributed by atoms with van der Waals surface area (Å²) in [6.07, 6.45) is 10.3. The Hall–Kier alpha value is -3.45. The van der Waals surface area contributed by atoms with Gasteiger partial charge in [-0.25, -0.2) is 4.98 Å². The molecule has 2 aromatic heterocycles. The second-order valence-corrected chi connectivity index (χ2v) is 15.9. The number of anilines is 5. The molecule has 0 aliphatic carbocycles. The first-order chi connectivity index (χ1) is 20.7. The van der Waals surface area contributed by atoms with Gasteiger partial charge >= 0.3 is 0 Å². The molecule has 2 aliphatic heterocycles. The third kappa shape index (κ3) is 6.72. The second-order valence-electron chi connectivity index (χ2n) is 12.3. The number of pyridine rings is 1. The molecule has 10 heteroatoms. The average molecular weight is 616 g/mol. The highest BCUT2D eigenvalue weighted by molar-refractivity contribution is 7.70. The molecular formula is C33H39ClN7OP. The van der Waals surface area contributed by atoms with Gasteiger partial charge in [0.15, 0.2) is 5.82 Å². The smallest absolute Gasteiger partial charge is 0.229 e. The van der Waals surface area contributed by atoms with Gasteiger partial charge in [-0.05, 0) is 113 Å². The lowest BCUT2D eigenvalue weighted by molar-refractivity contribution is 0.0945. The molecule has 224 valence electrons. The van der Waals surface area contributed by atoms with Gasteiger partial charge in [-0.2, -0.15) is 4.98 Å². The van der Waals surface area contributed by atoms with E-state index in [0.717, 1.165) is 40.9 Å². The Labute approximate surface area is 259 Å². The Morgan fingerprint density at radius 3 is 2.33 bits per heavy atom. The molecule has 4 aromatic rings. The van der Waals surface area contributed by atoms with Gasteiger partial charge in [-0.1, -0.05) is 23.7 Å². The Morgan fingerprint density at radius 1 is 0.907 bits per heavy atom. The number of benzene rings is 2. The summed E-state index contributed by atoms with van der Waals surface area (Å²) in [4.78, 5) is 18.4. The molecule has 2 aliphatic rings. The topological polar surface area (TPSA) is 86.3 Å². The maximum Gasteiger partial charge on any atom is 0.229 e. The highest BCUT2D eigenvalue weighted by Crippen LogP contribution is 2.44. The zero-order chi connectivity index (χ0) is 30.0. The van der Waals surface area contributed by atoms with Crippen molar-refractivity contribution >= 4 is 52.9 Å². The number of halogens is 1. The summed E-state index contributed by atoms with van der Waals surface area (Å²) in [5, 5.41) is 7.78. The van der Waals surface area contributed by atoms with Crippen molar-refractivity contribution < 1.29 is 4.57 Å². The average Bonchev–Trinajstić information content (AvgIpc) is 3.01. The standard InChI is InChI=1S/C33H39ClN7OP/c1-40-18-12-33(13-19-40)14-20-41(21-15-33)29-9-8-25(22-26(29)24-10-16-35-17-11-24)37-32-36-23-27(34)31(39-32)38-28-6-4-5-7-30(28)43(2,3)42/h4-11,16-17,22-23H,12-15,18-21H2,1-3H3,(H2,36,37,38,39). The summed E-state index contributed by atoms with van der Waals surface area (Å²) in [6, 6.07) is 18.1. The molecule has 0 amide bonds. The molecule has 8 nitrogen and oxygen atoms in total. The fraction of sp³-hybridized carbons (Fsp3) is 0.364. The fourth-order valence-electron chi connectivity index (χ4n) is 6.29. The van der Waals surface area contributed by atoms with Crippen LogP contribution in [0.25, 0.3) is 11.1 Å². The molecular weight excluding hydrogens is 577 g/mol. The first-order valence-electron chi connectivity index (χ1n) is 14.9. The van der Waals surface area contributed by atoms with Crippen molar-refractivity contribution in [2.45, 2.75) is 25.7 Å². The summed E-state index contributed by atoms with van der Waals surface area (Å²) in [6.45, 7) is 8.04. The minimum Gasteiger partial charge on any atom is -0.371 e. The van der Waals surface area contributed by atoms with Crippen molar-refractivity contribution in [2.75, 3.05) is 62.1 Å². The van der Waals surface area contributed by atoms with E-state index in [0.29, 0.717) is 22.2 Å². The van der Waals surface area contributed by atoms with Crippen molar-refractivity contribution in [1.82, 2.24) is 19.9 Å². The van der Waals surface area contributed by atoms with Gasteiger partial charge in [-0.15, -0.1) is 0 Å². The van der Waals surface area contributed by atoms with Crippen LogP contribution in [0.3, 0.4) is 0 Å². The van der Waals surface area contributed by atoms with Crippen LogP contribution in [0.1, 0.15) is 25.7 Å². The number of rotatable bonds is 7. The summed E-state index contributed by atoms with van der Waals surface area (Å²) in [5.74, 6) is 0.860. The van der Waals surface area contributed by atoms with E-state index in [4.69, 9.17) is 11.6 Å². The number of para-hydroxylation sites is 1. The number of aromatic nitrogens is 3. The van der Waals surface area contributed by atoms with Crippen LogP contribution in [-0.4, -0.2) is 66.4 Å². The molecule has 0 radical (unpaired) electrons. The van der Waals surface area contributed by atoms with Gasteiger partial charge in [0.1, 0.15) is 12.2 Å². The van der Waals surface area contributed by atoms with Gasteiger partial charge in [-0.3, -0.25) is 4.98 Å². The van der Waals surface area contributed by atoms with E-state index in [1.54, 1.807) is 19.5 Å². The molecule has 2 fully saturated rings. The van der Waals surface area contributed by atoms with Crippen molar-refractivity contribution in [1.29, 1.82) is 0 Å². The Balaban J connectivity index is 1.25. The van der Waals surface area contributed by atoms with E-state index >= 15 is 0 Å². The third-order valence-electron chi connectivity index (χ3n) is 8.94. The lowest BCUT2D eigenvalue weighted by Gasteiger charge is -2.47. The van der Waals surface area contributed by atoms with E-state index in [9.17, 15) is 4.57 Å². The number of nitrogens with zero attached hydrogens (tertiary/aromatic N) is 5. The highest BCUT2D eigenvalue weighted by Gasteiger charge is 2.37. The molecule has 0 bridgehead atoms. The molecule has 6 rings (SSSR count). The largest absolute Gasteiger partial charge is 0.371 e.